The van der Waals surface area contributed by atoms with Crippen LogP contribution in [0.25, 0.3) is 0 Å². The Morgan fingerprint density at radius 2 is 1.83 bits per heavy atom. The highest BCUT2D eigenvalue weighted by molar-refractivity contribution is 6.04. The van der Waals surface area contributed by atoms with Gasteiger partial charge in [-0.05, 0) is 42.9 Å². The maximum atomic E-state index is 13.2. The van der Waals surface area contributed by atoms with E-state index < -0.39 is 17.9 Å². The van der Waals surface area contributed by atoms with Gasteiger partial charge < -0.3 is 14.8 Å². The minimum absolute atomic E-state index is 0.0381. The standard InChI is InChI=1S/C24H29NO5/c1-6-11-29-23(28)20-14(2)25-18-12-24(4,5)13-19(27)22(18)21(20)16-7-9-17(10-8-16)30-15(3)26/h7-10,21,25H,6,11-13H2,1-5H3/t21-/m1/s1. The third-order valence-corrected chi connectivity index (χ3v) is 5.37. The molecule has 1 heterocycles. The van der Waals surface area contributed by atoms with Crippen LogP contribution in [0.5, 0.6) is 5.75 Å². The lowest BCUT2D eigenvalue weighted by Crippen LogP contribution is -2.38. The second-order valence-corrected chi connectivity index (χ2v) is 8.73. The molecule has 6 heteroatoms. The predicted octanol–water partition coefficient (Wildman–Crippen LogP) is 4.17. The van der Waals surface area contributed by atoms with Gasteiger partial charge >= 0.3 is 11.9 Å². The highest BCUT2D eigenvalue weighted by Crippen LogP contribution is 2.46. The van der Waals surface area contributed by atoms with Gasteiger partial charge in [0.05, 0.1) is 12.2 Å². The van der Waals surface area contributed by atoms with Crippen LogP contribution in [-0.2, 0) is 19.1 Å². The number of carbonyl (C=O) groups excluding carboxylic acids is 3. The lowest BCUT2D eigenvalue weighted by atomic mass is 9.68. The van der Waals surface area contributed by atoms with Gasteiger partial charge in [0, 0.05) is 36.2 Å². The molecule has 0 unspecified atom stereocenters. The highest BCUT2D eigenvalue weighted by Gasteiger charge is 2.43. The number of carbonyl (C=O) groups is 3. The predicted molar refractivity (Wildman–Crippen MR) is 113 cm³/mol. The van der Waals surface area contributed by atoms with Gasteiger partial charge in [-0.3, -0.25) is 9.59 Å². The van der Waals surface area contributed by atoms with Crippen molar-refractivity contribution in [2.75, 3.05) is 6.61 Å². The quantitative estimate of drug-likeness (QED) is 0.579. The number of ether oxygens (including phenoxy) is 2. The summed E-state index contributed by atoms with van der Waals surface area (Å²) < 4.78 is 10.6. The molecule has 0 saturated carbocycles. The third kappa shape index (κ3) is 4.48. The van der Waals surface area contributed by atoms with Crippen LogP contribution in [0.4, 0.5) is 0 Å². The van der Waals surface area contributed by atoms with Crippen molar-refractivity contribution in [3.63, 3.8) is 0 Å². The van der Waals surface area contributed by atoms with Crippen molar-refractivity contribution in [3.05, 3.63) is 52.4 Å². The van der Waals surface area contributed by atoms with Crippen LogP contribution in [0, 0.1) is 5.41 Å². The molecule has 1 aromatic carbocycles. The van der Waals surface area contributed by atoms with E-state index in [-0.39, 0.29) is 11.2 Å². The van der Waals surface area contributed by atoms with E-state index in [4.69, 9.17) is 9.47 Å². The van der Waals surface area contributed by atoms with Crippen LogP contribution in [-0.4, -0.2) is 24.3 Å². The Hall–Kier alpha value is -2.89. The summed E-state index contributed by atoms with van der Waals surface area (Å²) in [6, 6.07) is 6.96. The van der Waals surface area contributed by atoms with Gasteiger partial charge in [0.1, 0.15) is 5.75 Å². The average Bonchev–Trinajstić information content (AvgIpc) is 2.64. The molecule has 1 atom stereocenters. The van der Waals surface area contributed by atoms with Crippen molar-refractivity contribution in [2.24, 2.45) is 5.41 Å². The van der Waals surface area contributed by atoms with E-state index in [1.54, 1.807) is 24.3 Å². The molecule has 160 valence electrons. The number of allylic oxidation sites excluding steroid dienone is 3. The summed E-state index contributed by atoms with van der Waals surface area (Å²) in [5, 5.41) is 3.32. The van der Waals surface area contributed by atoms with E-state index in [0.717, 1.165) is 17.7 Å². The molecule has 0 fully saturated rings. The molecule has 1 aliphatic heterocycles. The van der Waals surface area contributed by atoms with Crippen LogP contribution in [0.1, 0.15) is 65.4 Å². The van der Waals surface area contributed by atoms with Crippen molar-refractivity contribution in [1.82, 2.24) is 5.32 Å². The van der Waals surface area contributed by atoms with Crippen molar-refractivity contribution >= 4 is 17.7 Å². The Balaban J connectivity index is 2.09. The Morgan fingerprint density at radius 3 is 2.43 bits per heavy atom. The van der Waals surface area contributed by atoms with Crippen LogP contribution >= 0.6 is 0 Å². The topological polar surface area (TPSA) is 81.7 Å². The smallest absolute Gasteiger partial charge is 0.336 e. The first-order valence-corrected chi connectivity index (χ1v) is 10.3. The summed E-state index contributed by atoms with van der Waals surface area (Å²) in [5.41, 5.74) is 3.30. The number of dihydropyridines is 1. The number of rotatable bonds is 5. The van der Waals surface area contributed by atoms with E-state index >= 15 is 0 Å². The molecule has 0 aromatic heterocycles. The zero-order chi connectivity index (χ0) is 22.1. The van der Waals surface area contributed by atoms with E-state index in [2.05, 4.69) is 19.2 Å². The number of benzene rings is 1. The monoisotopic (exact) mass is 411 g/mol. The number of hydrogen-bond acceptors (Lipinski definition) is 6. The highest BCUT2D eigenvalue weighted by atomic mass is 16.5. The van der Waals surface area contributed by atoms with E-state index in [9.17, 15) is 14.4 Å². The fourth-order valence-corrected chi connectivity index (χ4v) is 4.21. The molecule has 0 bridgehead atoms. The zero-order valence-corrected chi connectivity index (χ0v) is 18.3. The summed E-state index contributed by atoms with van der Waals surface area (Å²) in [6.45, 7) is 9.59. The molecule has 1 aromatic rings. The Kier molecular flexibility index (Phi) is 6.15. The van der Waals surface area contributed by atoms with Crippen LogP contribution in [0.3, 0.4) is 0 Å². The normalized spacial score (nSPS) is 20.4. The molecule has 0 spiro atoms. The number of ketones is 1. The summed E-state index contributed by atoms with van der Waals surface area (Å²) in [4.78, 5) is 37.4. The molecule has 6 nitrogen and oxygen atoms in total. The number of esters is 2. The lowest BCUT2D eigenvalue weighted by Gasteiger charge is -2.39. The van der Waals surface area contributed by atoms with E-state index in [0.29, 0.717) is 42.0 Å². The van der Waals surface area contributed by atoms with Gasteiger partial charge in [-0.25, -0.2) is 4.79 Å². The number of nitrogens with one attached hydrogen (secondary N) is 1. The Labute approximate surface area is 177 Å². The second kappa shape index (κ2) is 8.46. The molecule has 30 heavy (non-hydrogen) atoms. The van der Waals surface area contributed by atoms with E-state index in [1.807, 2.05) is 13.8 Å². The maximum absolute atomic E-state index is 13.2. The summed E-state index contributed by atoms with van der Waals surface area (Å²) in [5.74, 6) is -0.878. The van der Waals surface area contributed by atoms with Crippen LogP contribution in [0.2, 0.25) is 0 Å². The first-order chi connectivity index (χ1) is 14.1. The zero-order valence-electron chi connectivity index (χ0n) is 18.3. The number of hydrogen-bond donors (Lipinski definition) is 1. The Bertz CT molecular complexity index is 937. The molecular weight excluding hydrogens is 382 g/mol. The van der Waals surface area contributed by atoms with Crippen LogP contribution < -0.4 is 10.1 Å². The van der Waals surface area contributed by atoms with Crippen molar-refractivity contribution in [2.45, 2.75) is 59.8 Å². The summed E-state index contributed by atoms with van der Waals surface area (Å²) >= 11 is 0. The molecule has 1 N–H and O–H groups in total. The largest absolute Gasteiger partial charge is 0.462 e. The Morgan fingerprint density at radius 1 is 1.17 bits per heavy atom. The molecule has 0 amide bonds. The van der Waals surface area contributed by atoms with Gasteiger partial charge in [-0.15, -0.1) is 0 Å². The average molecular weight is 411 g/mol. The van der Waals surface area contributed by atoms with Gasteiger partial charge in [0.15, 0.2) is 5.78 Å². The second-order valence-electron chi connectivity index (χ2n) is 8.73. The number of Topliss-reactive ketones (excluding diaryl/α,β-unsaturated/α-hetero) is 1. The third-order valence-electron chi connectivity index (χ3n) is 5.37. The molecular formula is C24H29NO5. The van der Waals surface area contributed by atoms with Crippen molar-refractivity contribution < 1.29 is 23.9 Å². The minimum Gasteiger partial charge on any atom is -0.462 e. The molecule has 0 saturated heterocycles. The lowest BCUT2D eigenvalue weighted by molar-refractivity contribution is -0.139. The molecule has 1 aliphatic carbocycles. The van der Waals surface area contributed by atoms with E-state index in [1.165, 1.54) is 6.92 Å². The van der Waals surface area contributed by atoms with Crippen molar-refractivity contribution in [3.8, 4) is 5.75 Å². The van der Waals surface area contributed by atoms with Gasteiger partial charge in [0.25, 0.3) is 0 Å². The fourth-order valence-electron chi connectivity index (χ4n) is 4.21. The molecule has 2 aliphatic rings. The minimum atomic E-state index is -0.513. The molecule has 3 rings (SSSR count). The van der Waals surface area contributed by atoms with Crippen LogP contribution in [0.15, 0.2) is 46.8 Å². The SMILES string of the molecule is CCCOC(=O)C1=C(C)NC2=C(C(=O)CC(C)(C)C2)[C@@H]1c1ccc(OC(C)=O)cc1. The summed E-state index contributed by atoms with van der Waals surface area (Å²) in [7, 11) is 0. The van der Waals surface area contributed by atoms with Gasteiger partial charge in [0.2, 0.25) is 0 Å². The fraction of sp³-hybridized carbons (Fsp3) is 0.458. The molecule has 0 radical (unpaired) electrons. The first kappa shape index (κ1) is 21.8. The van der Waals surface area contributed by atoms with Gasteiger partial charge in [-0.1, -0.05) is 32.9 Å². The first-order valence-electron chi connectivity index (χ1n) is 10.3. The van der Waals surface area contributed by atoms with Crippen molar-refractivity contribution in [1.29, 1.82) is 0 Å². The van der Waals surface area contributed by atoms with Gasteiger partial charge in [-0.2, -0.15) is 0 Å². The summed E-state index contributed by atoms with van der Waals surface area (Å²) in [6.07, 6.45) is 1.87. The maximum Gasteiger partial charge on any atom is 0.336 e.